The summed E-state index contributed by atoms with van der Waals surface area (Å²) in [4.78, 5) is 12.0. The molecular weight excluding hydrogens is 284 g/mol. The molecule has 2 nitrogen and oxygen atoms in total. The highest BCUT2D eigenvalue weighted by Gasteiger charge is 2.63. The first-order valence-corrected chi connectivity index (χ1v) is 9.61. The third kappa shape index (κ3) is 1.66. The second kappa shape index (κ2) is 4.59. The first-order chi connectivity index (χ1) is 11.1. The number of carbonyl (C=O) groups excluding carboxylic acids is 1. The van der Waals surface area contributed by atoms with Crippen molar-refractivity contribution in [2.45, 2.75) is 64.9 Å². The van der Waals surface area contributed by atoms with Gasteiger partial charge < -0.3 is 4.74 Å². The van der Waals surface area contributed by atoms with Gasteiger partial charge in [0, 0.05) is 11.8 Å². The molecule has 0 aromatic carbocycles. The number of allylic oxidation sites excluding steroid dienone is 2. The van der Waals surface area contributed by atoms with Crippen LogP contribution in [-0.4, -0.2) is 18.5 Å². The van der Waals surface area contributed by atoms with Crippen LogP contribution in [0.2, 0.25) is 0 Å². The van der Waals surface area contributed by atoms with Gasteiger partial charge in [0.2, 0.25) is 0 Å². The molecule has 5 aliphatic rings. The third-order valence-corrected chi connectivity index (χ3v) is 8.43. The van der Waals surface area contributed by atoms with Gasteiger partial charge in [-0.3, -0.25) is 4.79 Å². The molecule has 3 saturated carbocycles. The van der Waals surface area contributed by atoms with E-state index in [9.17, 15) is 4.79 Å². The number of carbonyl (C=O) groups is 1. The lowest BCUT2D eigenvalue weighted by atomic mass is 9.47. The van der Waals surface area contributed by atoms with E-state index in [0.717, 1.165) is 37.2 Å². The SMILES string of the molecule is C/C=C1/CCC2C3CC4OC[C@@]5(CCC(=O)C=C45)C3CC[C@]12C. The molecule has 5 rings (SSSR count). The molecule has 0 spiro atoms. The molecule has 2 heteroatoms. The summed E-state index contributed by atoms with van der Waals surface area (Å²) in [5.41, 5.74) is 3.77. The highest BCUT2D eigenvalue weighted by Crippen LogP contribution is 2.68. The van der Waals surface area contributed by atoms with Crippen LogP contribution in [0.4, 0.5) is 0 Å². The van der Waals surface area contributed by atoms with Gasteiger partial charge in [0.25, 0.3) is 0 Å². The first-order valence-electron chi connectivity index (χ1n) is 9.61. The average molecular weight is 312 g/mol. The molecule has 1 heterocycles. The van der Waals surface area contributed by atoms with Crippen LogP contribution in [0, 0.1) is 28.6 Å². The Bertz CT molecular complexity index is 630. The Morgan fingerprint density at radius 2 is 2.09 bits per heavy atom. The molecule has 0 radical (unpaired) electrons. The zero-order valence-corrected chi connectivity index (χ0v) is 14.4. The zero-order chi connectivity index (χ0) is 15.8. The quantitative estimate of drug-likeness (QED) is 0.618. The summed E-state index contributed by atoms with van der Waals surface area (Å²) >= 11 is 0. The average Bonchev–Trinajstić information content (AvgIpc) is 3.01. The first kappa shape index (κ1) is 14.5. The van der Waals surface area contributed by atoms with Crippen molar-refractivity contribution in [3.63, 3.8) is 0 Å². The van der Waals surface area contributed by atoms with Crippen LogP contribution in [0.3, 0.4) is 0 Å². The molecule has 1 aliphatic heterocycles. The third-order valence-electron chi connectivity index (χ3n) is 8.43. The molecule has 0 amide bonds. The molecule has 4 aliphatic carbocycles. The molecule has 1 saturated heterocycles. The van der Waals surface area contributed by atoms with E-state index < -0.39 is 0 Å². The van der Waals surface area contributed by atoms with Crippen molar-refractivity contribution in [2.24, 2.45) is 28.6 Å². The molecule has 2 bridgehead atoms. The van der Waals surface area contributed by atoms with E-state index >= 15 is 0 Å². The topological polar surface area (TPSA) is 26.3 Å². The molecular formula is C21H28O2. The van der Waals surface area contributed by atoms with Crippen molar-refractivity contribution in [3.8, 4) is 0 Å². The van der Waals surface area contributed by atoms with Crippen LogP contribution < -0.4 is 0 Å². The number of hydrogen-bond acceptors (Lipinski definition) is 2. The van der Waals surface area contributed by atoms with Gasteiger partial charge >= 0.3 is 0 Å². The Kier molecular flexibility index (Phi) is 2.89. The summed E-state index contributed by atoms with van der Waals surface area (Å²) in [5.74, 6) is 2.74. The monoisotopic (exact) mass is 312 g/mol. The minimum atomic E-state index is 0.224. The predicted molar refractivity (Wildman–Crippen MR) is 89.9 cm³/mol. The lowest BCUT2D eigenvalue weighted by Gasteiger charge is -2.56. The van der Waals surface area contributed by atoms with E-state index in [0.29, 0.717) is 11.2 Å². The van der Waals surface area contributed by atoms with Gasteiger partial charge in [0.05, 0.1) is 12.7 Å². The second-order valence-corrected chi connectivity index (χ2v) is 8.94. The van der Waals surface area contributed by atoms with Gasteiger partial charge in [-0.25, -0.2) is 0 Å². The maximum Gasteiger partial charge on any atom is 0.155 e. The van der Waals surface area contributed by atoms with Crippen molar-refractivity contribution < 1.29 is 9.53 Å². The maximum atomic E-state index is 12.0. The summed E-state index contributed by atoms with van der Waals surface area (Å²) < 4.78 is 6.25. The Labute approximate surface area is 139 Å². The maximum absolute atomic E-state index is 12.0. The molecule has 0 aromatic heterocycles. The van der Waals surface area contributed by atoms with Crippen LogP contribution in [0.15, 0.2) is 23.3 Å². The summed E-state index contributed by atoms with van der Waals surface area (Å²) in [6, 6.07) is 0. The summed E-state index contributed by atoms with van der Waals surface area (Å²) in [7, 11) is 0. The van der Waals surface area contributed by atoms with Gasteiger partial charge in [-0.1, -0.05) is 18.6 Å². The van der Waals surface area contributed by atoms with Crippen LogP contribution in [0.5, 0.6) is 0 Å². The number of ketones is 1. The lowest BCUT2D eigenvalue weighted by molar-refractivity contribution is -0.116. The van der Waals surface area contributed by atoms with Crippen LogP contribution in [0.25, 0.3) is 0 Å². The highest BCUT2D eigenvalue weighted by atomic mass is 16.5. The Morgan fingerprint density at radius 1 is 1.22 bits per heavy atom. The minimum absolute atomic E-state index is 0.224. The van der Waals surface area contributed by atoms with Crippen LogP contribution >= 0.6 is 0 Å². The van der Waals surface area contributed by atoms with Gasteiger partial charge in [-0.2, -0.15) is 0 Å². The normalized spacial score (nSPS) is 52.9. The smallest absolute Gasteiger partial charge is 0.155 e. The van der Waals surface area contributed by atoms with Crippen molar-refractivity contribution in [2.75, 3.05) is 6.61 Å². The van der Waals surface area contributed by atoms with Crippen LogP contribution in [0.1, 0.15) is 58.8 Å². The predicted octanol–water partition coefficient (Wildman–Crippen LogP) is 4.45. The zero-order valence-electron chi connectivity index (χ0n) is 14.4. The Morgan fingerprint density at radius 3 is 2.91 bits per heavy atom. The summed E-state index contributed by atoms with van der Waals surface area (Å²) in [6.45, 7) is 5.65. The van der Waals surface area contributed by atoms with Crippen LogP contribution in [-0.2, 0) is 9.53 Å². The highest BCUT2D eigenvalue weighted by molar-refractivity contribution is 5.92. The Hall–Kier alpha value is -0.890. The van der Waals surface area contributed by atoms with Gasteiger partial charge in [0.15, 0.2) is 5.78 Å². The van der Waals surface area contributed by atoms with Gasteiger partial charge in [-0.15, -0.1) is 0 Å². The van der Waals surface area contributed by atoms with E-state index in [1.807, 2.05) is 6.08 Å². The molecule has 6 atom stereocenters. The minimum Gasteiger partial charge on any atom is -0.373 e. The number of hydrogen-bond donors (Lipinski definition) is 0. The molecule has 23 heavy (non-hydrogen) atoms. The standard InChI is InChI=1S/C21H28O2/c1-3-13-4-5-16-15-11-19-18-10-14(22)6-9-21(18,12-23-19)17(15)7-8-20(13,16)2/h3,10,15-17,19H,4-9,11-12H2,1-2H3/b13-3-/t15?,16?,17?,19?,20-,21+/m1/s1. The van der Waals surface area contributed by atoms with Crippen molar-refractivity contribution >= 4 is 5.78 Å². The molecule has 0 aromatic rings. The number of rotatable bonds is 0. The van der Waals surface area contributed by atoms with E-state index in [4.69, 9.17) is 4.74 Å². The number of ether oxygens (including phenoxy) is 1. The van der Waals surface area contributed by atoms with E-state index in [2.05, 4.69) is 19.9 Å². The molecule has 124 valence electrons. The fraction of sp³-hybridized carbons (Fsp3) is 0.762. The Balaban J connectivity index is 1.57. The number of fused-ring (bicyclic) bond motifs is 3. The molecule has 0 N–H and O–H groups in total. The van der Waals surface area contributed by atoms with Crippen molar-refractivity contribution in [3.05, 3.63) is 23.3 Å². The largest absolute Gasteiger partial charge is 0.373 e. The summed E-state index contributed by atoms with van der Waals surface area (Å²) in [5, 5.41) is 0. The van der Waals surface area contributed by atoms with E-state index in [1.165, 1.54) is 37.7 Å². The fourth-order valence-electron chi connectivity index (χ4n) is 7.36. The lowest BCUT2D eigenvalue weighted by Crippen LogP contribution is -2.51. The molecule has 4 unspecified atom stereocenters. The second-order valence-electron chi connectivity index (χ2n) is 8.94. The van der Waals surface area contributed by atoms with E-state index in [1.54, 1.807) is 5.57 Å². The summed E-state index contributed by atoms with van der Waals surface area (Å²) in [6.07, 6.45) is 12.9. The van der Waals surface area contributed by atoms with Crippen molar-refractivity contribution in [1.82, 2.24) is 0 Å². The fourth-order valence-corrected chi connectivity index (χ4v) is 7.36. The van der Waals surface area contributed by atoms with Gasteiger partial charge in [-0.05, 0) is 80.3 Å². The molecule has 4 fully saturated rings. The van der Waals surface area contributed by atoms with Gasteiger partial charge in [0.1, 0.15) is 0 Å². The van der Waals surface area contributed by atoms with E-state index in [-0.39, 0.29) is 11.5 Å². The van der Waals surface area contributed by atoms with Crippen molar-refractivity contribution in [1.29, 1.82) is 0 Å².